The second kappa shape index (κ2) is 8.08. The van der Waals surface area contributed by atoms with Crippen molar-refractivity contribution >= 4 is 17.3 Å². The number of nitrogens with zero attached hydrogens (tertiary/aromatic N) is 2. The number of aromatic amines is 1. The molecule has 154 valence electrons. The Morgan fingerprint density at radius 2 is 2.03 bits per heavy atom. The number of para-hydroxylation sites is 1. The van der Waals surface area contributed by atoms with E-state index in [4.69, 9.17) is 16.3 Å². The molecule has 4 rings (SSSR count). The first-order valence-electron chi connectivity index (χ1n) is 9.38. The summed E-state index contributed by atoms with van der Waals surface area (Å²) in [4.78, 5) is 27.1. The number of aromatic hydroxyl groups is 1. The van der Waals surface area contributed by atoms with Gasteiger partial charge >= 0.3 is 5.69 Å². The second-order valence-electron chi connectivity index (χ2n) is 6.69. The van der Waals surface area contributed by atoms with Crippen LogP contribution in [0.5, 0.6) is 11.6 Å². The summed E-state index contributed by atoms with van der Waals surface area (Å²) in [5.74, 6) is 0.223. The number of hydrogen-bond donors (Lipinski definition) is 3. The Morgan fingerprint density at radius 1 is 1.23 bits per heavy atom. The van der Waals surface area contributed by atoms with Crippen LogP contribution in [0.1, 0.15) is 30.5 Å². The highest BCUT2D eigenvalue weighted by Gasteiger charge is 2.29. The summed E-state index contributed by atoms with van der Waals surface area (Å²) in [5.41, 5.74) is 2.99. The number of halogens is 1. The van der Waals surface area contributed by atoms with E-state index >= 15 is 0 Å². The largest absolute Gasteiger partial charge is 0.494 e. The van der Waals surface area contributed by atoms with Gasteiger partial charge in [0.15, 0.2) is 0 Å². The van der Waals surface area contributed by atoms with Crippen LogP contribution in [0.25, 0.3) is 5.69 Å². The van der Waals surface area contributed by atoms with Crippen molar-refractivity contribution in [2.24, 2.45) is 5.10 Å². The first-order chi connectivity index (χ1) is 14.5. The molecule has 0 saturated heterocycles. The fourth-order valence-electron chi connectivity index (χ4n) is 3.47. The minimum absolute atomic E-state index is 0.0709. The minimum Gasteiger partial charge on any atom is -0.494 e. The summed E-state index contributed by atoms with van der Waals surface area (Å²) in [7, 11) is 0. The van der Waals surface area contributed by atoms with Gasteiger partial charge in [-0.1, -0.05) is 35.9 Å². The van der Waals surface area contributed by atoms with E-state index in [1.54, 1.807) is 18.2 Å². The molecule has 0 spiro atoms. The maximum atomic E-state index is 12.5. The Hall–Kier alpha value is -3.52. The lowest BCUT2D eigenvalue weighted by atomic mass is 9.99. The Labute approximate surface area is 176 Å². The topological polar surface area (TPSA) is 109 Å². The van der Waals surface area contributed by atoms with Crippen LogP contribution in [0.4, 0.5) is 0 Å². The highest BCUT2D eigenvalue weighted by Crippen LogP contribution is 2.32. The van der Waals surface area contributed by atoms with E-state index in [0.29, 0.717) is 29.4 Å². The van der Waals surface area contributed by atoms with Gasteiger partial charge in [0.05, 0.1) is 24.0 Å². The highest BCUT2D eigenvalue weighted by molar-refractivity contribution is 6.30. The van der Waals surface area contributed by atoms with Crippen LogP contribution in [-0.2, 0) is 0 Å². The quantitative estimate of drug-likeness (QED) is 0.581. The van der Waals surface area contributed by atoms with E-state index in [0.717, 1.165) is 15.9 Å². The predicted molar refractivity (Wildman–Crippen MR) is 114 cm³/mol. The zero-order valence-corrected chi connectivity index (χ0v) is 16.8. The lowest BCUT2D eigenvalue weighted by molar-refractivity contribution is 0.332. The molecule has 2 aromatic carbocycles. The SMILES string of the molecule is CCOc1ccccc1C1CC(c2c(O)n(-c3cccc(Cl)c3)c(=O)[nH]c2=O)=NN1. The van der Waals surface area contributed by atoms with Gasteiger partial charge in [-0.3, -0.25) is 9.78 Å². The van der Waals surface area contributed by atoms with E-state index in [1.165, 1.54) is 6.07 Å². The summed E-state index contributed by atoms with van der Waals surface area (Å²) < 4.78 is 6.67. The van der Waals surface area contributed by atoms with Crippen LogP contribution in [-0.4, -0.2) is 27.0 Å². The molecular weight excluding hydrogens is 408 g/mol. The fourth-order valence-corrected chi connectivity index (χ4v) is 3.66. The number of rotatable bonds is 5. The van der Waals surface area contributed by atoms with Crippen molar-refractivity contribution in [2.45, 2.75) is 19.4 Å². The van der Waals surface area contributed by atoms with Gasteiger partial charge in [-0.15, -0.1) is 0 Å². The molecule has 3 aromatic rings. The normalized spacial score (nSPS) is 15.5. The highest BCUT2D eigenvalue weighted by atomic mass is 35.5. The Balaban J connectivity index is 1.73. The van der Waals surface area contributed by atoms with Crippen molar-refractivity contribution in [3.8, 4) is 17.3 Å². The van der Waals surface area contributed by atoms with Crippen molar-refractivity contribution in [1.82, 2.24) is 15.0 Å². The predicted octanol–water partition coefficient (Wildman–Crippen LogP) is 2.72. The molecule has 0 amide bonds. The fraction of sp³-hybridized carbons (Fsp3) is 0.190. The average molecular weight is 427 g/mol. The summed E-state index contributed by atoms with van der Waals surface area (Å²) in [5, 5.41) is 15.5. The summed E-state index contributed by atoms with van der Waals surface area (Å²) in [6, 6.07) is 13.7. The number of H-pyrrole nitrogens is 1. The third-order valence-electron chi connectivity index (χ3n) is 4.79. The molecule has 8 nitrogen and oxygen atoms in total. The van der Waals surface area contributed by atoms with Gasteiger partial charge in [-0.2, -0.15) is 5.10 Å². The van der Waals surface area contributed by atoms with Crippen molar-refractivity contribution < 1.29 is 9.84 Å². The number of aromatic nitrogens is 2. The molecule has 0 fully saturated rings. The lowest BCUT2D eigenvalue weighted by Gasteiger charge is -2.15. The lowest BCUT2D eigenvalue weighted by Crippen LogP contribution is -2.33. The van der Waals surface area contributed by atoms with Gasteiger partial charge in [-0.25, -0.2) is 9.36 Å². The number of nitrogens with one attached hydrogen (secondary N) is 2. The maximum Gasteiger partial charge on any atom is 0.335 e. The average Bonchev–Trinajstić information content (AvgIpc) is 3.18. The number of hydrazone groups is 1. The first kappa shape index (κ1) is 19.8. The third-order valence-corrected chi connectivity index (χ3v) is 5.02. The van der Waals surface area contributed by atoms with E-state index in [9.17, 15) is 14.7 Å². The van der Waals surface area contributed by atoms with Gasteiger partial charge in [0, 0.05) is 17.0 Å². The molecule has 9 heteroatoms. The molecular formula is C21H19ClN4O4. The van der Waals surface area contributed by atoms with Gasteiger partial charge in [0.1, 0.15) is 11.3 Å². The number of hydrogen-bond acceptors (Lipinski definition) is 6. The van der Waals surface area contributed by atoms with Crippen LogP contribution in [0.3, 0.4) is 0 Å². The number of ether oxygens (including phenoxy) is 1. The molecule has 1 unspecified atom stereocenters. The van der Waals surface area contributed by atoms with Crippen LogP contribution in [0, 0.1) is 0 Å². The molecule has 1 atom stereocenters. The van der Waals surface area contributed by atoms with Crippen LogP contribution >= 0.6 is 11.6 Å². The third kappa shape index (κ3) is 3.57. The van der Waals surface area contributed by atoms with Gasteiger partial charge < -0.3 is 15.3 Å². The summed E-state index contributed by atoms with van der Waals surface area (Å²) >= 11 is 6.01. The molecule has 0 bridgehead atoms. The van der Waals surface area contributed by atoms with Crippen LogP contribution < -0.4 is 21.4 Å². The van der Waals surface area contributed by atoms with E-state index in [2.05, 4.69) is 15.5 Å². The molecule has 1 aliphatic rings. The van der Waals surface area contributed by atoms with Gasteiger partial charge in [-0.05, 0) is 31.2 Å². The molecule has 2 heterocycles. The molecule has 0 aliphatic carbocycles. The van der Waals surface area contributed by atoms with Crippen LogP contribution in [0.2, 0.25) is 5.02 Å². The van der Waals surface area contributed by atoms with E-state index < -0.39 is 17.1 Å². The first-order valence-corrected chi connectivity index (χ1v) is 9.75. The van der Waals surface area contributed by atoms with Crippen molar-refractivity contribution in [3.63, 3.8) is 0 Å². The smallest absolute Gasteiger partial charge is 0.335 e. The molecule has 3 N–H and O–H groups in total. The van der Waals surface area contributed by atoms with E-state index in [1.807, 2.05) is 31.2 Å². The molecule has 0 saturated carbocycles. The Kier molecular flexibility index (Phi) is 5.33. The Morgan fingerprint density at radius 3 is 2.80 bits per heavy atom. The van der Waals surface area contributed by atoms with Gasteiger partial charge in [0.2, 0.25) is 5.88 Å². The van der Waals surface area contributed by atoms with Crippen molar-refractivity contribution in [1.29, 1.82) is 0 Å². The standard InChI is InChI=1S/C21H19ClN4O4/c1-2-30-17-9-4-3-8-14(17)15-11-16(25-24-15)18-19(27)23-21(29)26(20(18)28)13-7-5-6-12(22)10-13/h3-10,15,24,28H,2,11H2,1H3,(H,23,27,29). The molecule has 0 radical (unpaired) electrons. The minimum atomic E-state index is -0.770. The van der Waals surface area contributed by atoms with Gasteiger partial charge in [0.25, 0.3) is 5.56 Å². The zero-order chi connectivity index (χ0) is 21.3. The summed E-state index contributed by atoms with van der Waals surface area (Å²) in [6.07, 6.45) is 0.328. The van der Waals surface area contributed by atoms with E-state index in [-0.39, 0.29) is 11.6 Å². The molecule has 1 aliphatic heterocycles. The monoisotopic (exact) mass is 426 g/mol. The molecule has 30 heavy (non-hydrogen) atoms. The van der Waals surface area contributed by atoms with Crippen LogP contribution in [0.15, 0.2) is 63.2 Å². The zero-order valence-electron chi connectivity index (χ0n) is 16.1. The number of benzene rings is 2. The molecule has 1 aromatic heterocycles. The van der Waals surface area contributed by atoms with Crippen molar-refractivity contribution in [3.05, 3.63) is 85.5 Å². The second-order valence-corrected chi connectivity index (χ2v) is 7.12. The maximum absolute atomic E-state index is 12.5. The van der Waals surface area contributed by atoms with Crippen molar-refractivity contribution in [2.75, 3.05) is 6.61 Å². The summed E-state index contributed by atoms with van der Waals surface area (Å²) in [6.45, 7) is 2.42. The Bertz CT molecular complexity index is 1250.